The minimum Gasteiger partial charge on any atom is -0.472 e. The third-order valence-electron chi connectivity index (χ3n) is 2.51. The molecule has 2 rings (SSSR count). The fourth-order valence-electron chi connectivity index (χ4n) is 1.65. The number of alkyl halides is 2. The minimum absolute atomic E-state index is 0.0211. The highest BCUT2D eigenvalue weighted by Gasteiger charge is 2.14. The van der Waals surface area contributed by atoms with Crippen molar-refractivity contribution in [3.05, 3.63) is 36.0 Å². The van der Waals surface area contributed by atoms with Crippen LogP contribution in [0.15, 0.2) is 34.8 Å². The van der Waals surface area contributed by atoms with E-state index in [0.717, 1.165) is 0 Å². The molecule has 0 aliphatic carbocycles. The molecule has 1 aromatic carbocycles. The molecular weight excluding hydrogens is 304 g/mol. The maximum atomic E-state index is 12.4. The summed E-state index contributed by atoms with van der Waals surface area (Å²) >= 11 is -0.0211. The average Bonchev–Trinajstić information content (AvgIpc) is 2.83. The Hall–Kier alpha value is -2.29. The molecule has 0 atom stereocenters. The number of aryl methyl sites for hydroxylation is 1. The van der Waals surface area contributed by atoms with Gasteiger partial charge in [0.25, 0.3) is 0 Å². The predicted octanol–water partition coefficient (Wildman–Crippen LogP) is 2.63. The first kappa shape index (κ1) is 15.1. The monoisotopic (exact) mass is 315 g/mol. The zero-order valence-corrected chi connectivity index (χ0v) is 11.7. The smallest absolute Gasteiger partial charge is 0.387 e. The minimum atomic E-state index is -2.98. The second-order valence-corrected chi connectivity index (χ2v) is 4.25. The van der Waals surface area contributed by atoms with Crippen molar-refractivity contribution in [2.24, 2.45) is 11.4 Å². The molecule has 2 aromatic rings. The number of rotatable bonds is 6. The zero-order valence-electron chi connectivity index (χ0n) is 10.9. The third kappa shape index (κ3) is 4.09. The van der Waals surface area contributed by atoms with Crippen LogP contribution >= 0.6 is 0 Å². The lowest BCUT2D eigenvalue weighted by atomic mass is 10.1. The highest BCUT2D eigenvalue weighted by molar-refractivity contribution is 7.54. The van der Waals surface area contributed by atoms with E-state index in [-0.39, 0.29) is 35.1 Å². The van der Waals surface area contributed by atoms with Crippen LogP contribution in [0.1, 0.15) is 5.56 Å². The number of nitrogens with zero attached hydrogens (tertiary/aromatic N) is 3. The van der Waals surface area contributed by atoms with E-state index in [1.165, 1.54) is 22.9 Å². The SMILES string of the molecule is Cn1ccc(OCc2c(N=S=O)cccc2OC(F)F)n1. The van der Waals surface area contributed by atoms with Gasteiger partial charge >= 0.3 is 6.61 Å². The fraction of sp³-hybridized carbons (Fsp3) is 0.250. The van der Waals surface area contributed by atoms with E-state index in [4.69, 9.17) is 4.74 Å². The Morgan fingerprint density at radius 1 is 1.43 bits per heavy atom. The summed E-state index contributed by atoms with van der Waals surface area (Å²) in [5, 5.41) is 4.00. The van der Waals surface area contributed by atoms with Crippen LogP contribution in [0.5, 0.6) is 11.6 Å². The summed E-state index contributed by atoms with van der Waals surface area (Å²) in [5.74, 6) is 0.237. The first-order chi connectivity index (χ1) is 10.1. The summed E-state index contributed by atoms with van der Waals surface area (Å²) in [4.78, 5) is 0. The largest absolute Gasteiger partial charge is 0.472 e. The molecule has 0 bridgehead atoms. The molecule has 21 heavy (non-hydrogen) atoms. The van der Waals surface area contributed by atoms with E-state index >= 15 is 0 Å². The lowest BCUT2D eigenvalue weighted by Gasteiger charge is -2.12. The molecule has 0 aliphatic rings. The van der Waals surface area contributed by atoms with Crippen molar-refractivity contribution in [1.82, 2.24) is 9.78 Å². The van der Waals surface area contributed by atoms with Crippen LogP contribution in [0.4, 0.5) is 14.5 Å². The molecule has 112 valence electrons. The zero-order chi connectivity index (χ0) is 15.2. The Kier molecular flexibility index (Phi) is 4.99. The second kappa shape index (κ2) is 6.93. The maximum absolute atomic E-state index is 12.4. The van der Waals surface area contributed by atoms with E-state index in [1.807, 2.05) is 0 Å². The van der Waals surface area contributed by atoms with Gasteiger partial charge in [-0.2, -0.15) is 17.4 Å². The molecule has 0 aliphatic heterocycles. The van der Waals surface area contributed by atoms with Gasteiger partial charge in [-0.25, -0.2) is 0 Å². The quantitative estimate of drug-likeness (QED) is 0.822. The van der Waals surface area contributed by atoms with Crippen LogP contribution in [-0.2, 0) is 25.1 Å². The Morgan fingerprint density at radius 2 is 2.24 bits per heavy atom. The molecule has 0 N–H and O–H groups in total. The molecule has 9 heteroatoms. The lowest BCUT2D eigenvalue weighted by Crippen LogP contribution is -2.06. The highest BCUT2D eigenvalue weighted by Crippen LogP contribution is 2.30. The highest BCUT2D eigenvalue weighted by atomic mass is 32.1. The molecule has 1 aromatic heterocycles. The van der Waals surface area contributed by atoms with Gasteiger partial charge in [-0.05, 0) is 12.1 Å². The summed E-state index contributed by atoms with van der Waals surface area (Å²) in [5.41, 5.74) is 0.482. The molecular formula is C12H11F2N3O3S. The van der Waals surface area contributed by atoms with Crippen molar-refractivity contribution >= 4 is 17.2 Å². The Labute approximate surface area is 122 Å². The summed E-state index contributed by atoms with van der Waals surface area (Å²) in [6.07, 6.45) is 1.68. The van der Waals surface area contributed by atoms with Crippen molar-refractivity contribution in [2.75, 3.05) is 0 Å². The number of hydrogen-bond donors (Lipinski definition) is 0. The number of ether oxygens (including phenoxy) is 2. The van der Waals surface area contributed by atoms with Gasteiger partial charge in [-0.3, -0.25) is 4.68 Å². The predicted molar refractivity (Wildman–Crippen MR) is 70.8 cm³/mol. The van der Waals surface area contributed by atoms with Crippen molar-refractivity contribution in [3.63, 3.8) is 0 Å². The fourth-order valence-corrected chi connectivity index (χ4v) is 1.90. The van der Waals surface area contributed by atoms with Gasteiger partial charge in [-0.1, -0.05) is 6.07 Å². The first-order valence-corrected chi connectivity index (χ1v) is 6.49. The van der Waals surface area contributed by atoms with Crippen molar-refractivity contribution < 1.29 is 22.5 Å². The van der Waals surface area contributed by atoms with E-state index < -0.39 is 6.61 Å². The van der Waals surface area contributed by atoms with Gasteiger partial charge in [0, 0.05) is 19.3 Å². The van der Waals surface area contributed by atoms with Gasteiger partial charge in [0.15, 0.2) is 0 Å². The Bertz CT molecular complexity index is 672. The molecule has 0 unspecified atom stereocenters. The van der Waals surface area contributed by atoms with Crippen LogP contribution in [-0.4, -0.2) is 20.6 Å². The molecule has 6 nitrogen and oxygen atoms in total. The van der Waals surface area contributed by atoms with Crippen LogP contribution in [0.3, 0.4) is 0 Å². The van der Waals surface area contributed by atoms with Crippen LogP contribution in [0.2, 0.25) is 0 Å². The van der Waals surface area contributed by atoms with Crippen molar-refractivity contribution in [1.29, 1.82) is 0 Å². The maximum Gasteiger partial charge on any atom is 0.387 e. The molecule has 0 fully saturated rings. The normalized spacial score (nSPS) is 10.5. The number of aromatic nitrogens is 2. The van der Waals surface area contributed by atoms with Gasteiger partial charge in [-0.15, -0.1) is 5.10 Å². The molecule has 0 saturated carbocycles. The first-order valence-electron chi connectivity index (χ1n) is 5.79. The Balaban J connectivity index is 2.27. The number of benzene rings is 1. The van der Waals surface area contributed by atoms with E-state index in [9.17, 15) is 13.0 Å². The Morgan fingerprint density at radius 3 is 2.86 bits per heavy atom. The van der Waals surface area contributed by atoms with E-state index in [2.05, 4.69) is 14.2 Å². The van der Waals surface area contributed by atoms with Crippen LogP contribution in [0, 0.1) is 0 Å². The van der Waals surface area contributed by atoms with Gasteiger partial charge in [0.1, 0.15) is 12.4 Å². The third-order valence-corrected chi connectivity index (χ3v) is 2.78. The lowest BCUT2D eigenvalue weighted by molar-refractivity contribution is -0.0508. The van der Waals surface area contributed by atoms with E-state index in [1.54, 1.807) is 19.3 Å². The molecule has 0 radical (unpaired) electrons. The van der Waals surface area contributed by atoms with Gasteiger partial charge < -0.3 is 9.47 Å². The number of halogens is 2. The molecule has 0 spiro atoms. The molecule has 0 amide bonds. The topological polar surface area (TPSA) is 65.7 Å². The van der Waals surface area contributed by atoms with Crippen molar-refractivity contribution in [3.8, 4) is 11.6 Å². The summed E-state index contributed by atoms with van der Waals surface area (Å²) in [6.45, 7) is -3.08. The molecule has 0 saturated heterocycles. The standard InChI is InChI=1S/C12H11F2N3O3S/c1-17-6-5-11(15-17)19-7-8-9(16-21-18)3-2-4-10(8)20-12(13)14/h2-6,12H,7H2,1H3. The van der Waals surface area contributed by atoms with Crippen LogP contribution < -0.4 is 9.47 Å². The summed E-state index contributed by atoms with van der Waals surface area (Å²) in [6, 6.07) is 5.96. The average molecular weight is 315 g/mol. The summed E-state index contributed by atoms with van der Waals surface area (Å²) in [7, 11) is 1.72. The van der Waals surface area contributed by atoms with Crippen molar-refractivity contribution in [2.45, 2.75) is 13.2 Å². The summed E-state index contributed by atoms with van der Waals surface area (Å²) < 4.78 is 50.4. The van der Waals surface area contributed by atoms with Gasteiger partial charge in [0.05, 0.1) is 11.3 Å². The molecule has 1 heterocycles. The van der Waals surface area contributed by atoms with Crippen LogP contribution in [0.25, 0.3) is 0 Å². The number of hydrogen-bond acceptors (Lipinski definition) is 5. The second-order valence-electron chi connectivity index (χ2n) is 3.91. The van der Waals surface area contributed by atoms with Gasteiger partial charge in [0.2, 0.25) is 17.3 Å². The van der Waals surface area contributed by atoms with E-state index in [0.29, 0.717) is 5.88 Å².